The molecule has 0 spiro atoms. The first-order chi connectivity index (χ1) is 6.75. The van der Waals surface area contributed by atoms with E-state index in [1.165, 1.54) is 0 Å². The van der Waals surface area contributed by atoms with Crippen LogP contribution in [0.15, 0.2) is 53.4 Å². The standard InChI is InChI=1S/C10H11NO.C2H6/c1-3-7-11-10-8(2)5-4-6-9(10)12;1-2/h3-7,12H,2H2,1H3;1-2H3/b7-3-,11-10?;. The average molecular weight is 191 g/mol. The fraction of sp³-hybridized carbons (Fsp3) is 0.250. The lowest BCUT2D eigenvalue weighted by atomic mass is 10.1. The van der Waals surface area contributed by atoms with E-state index < -0.39 is 0 Å². The van der Waals surface area contributed by atoms with E-state index in [4.69, 9.17) is 0 Å². The summed E-state index contributed by atoms with van der Waals surface area (Å²) < 4.78 is 0. The number of allylic oxidation sites excluding steroid dienone is 5. The quantitative estimate of drug-likeness (QED) is 0.675. The van der Waals surface area contributed by atoms with E-state index >= 15 is 0 Å². The minimum atomic E-state index is 0.167. The van der Waals surface area contributed by atoms with Crippen molar-refractivity contribution in [1.82, 2.24) is 0 Å². The van der Waals surface area contributed by atoms with Crippen LogP contribution in [0, 0.1) is 0 Å². The van der Waals surface area contributed by atoms with Gasteiger partial charge in [-0.1, -0.05) is 38.7 Å². The lowest BCUT2D eigenvalue weighted by molar-refractivity contribution is 0.443. The van der Waals surface area contributed by atoms with Crippen molar-refractivity contribution in [1.29, 1.82) is 0 Å². The highest BCUT2D eigenvalue weighted by Gasteiger charge is 2.08. The molecule has 2 heteroatoms. The molecule has 0 saturated heterocycles. The Labute approximate surface area is 85.7 Å². The maximum Gasteiger partial charge on any atom is 0.141 e. The summed E-state index contributed by atoms with van der Waals surface area (Å²) in [5.41, 5.74) is 1.27. The Kier molecular flexibility index (Phi) is 6.12. The van der Waals surface area contributed by atoms with Gasteiger partial charge in [0.2, 0.25) is 0 Å². The highest BCUT2D eigenvalue weighted by atomic mass is 16.3. The molecule has 2 nitrogen and oxygen atoms in total. The molecule has 0 unspecified atom stereocenters. The summed E-state index contributed by atoms with van der Waals surface area (Å²) in [6.07, 6.45) is 8.57. The molecule has 1 N–H and O–H groups in total. The molecule has 1 aliphatic rings. The molecule has 76 valence electrons. The summed E-state index contributed by atoms with van der Waals surface area (Å²) >= 11 is 0. The van der Waals surface area contributed by atoms with Crippen LogP contribution < -0.4 is 0 Å². The molecule has 0 aromatic rings. The van der Waals surface area contributed by atoms with Crippen molar-refractivity contribution >= 4 is 5.71 Å². The summed E-state index contributed by atoms with van der Waals surface area (Å²) in [5, 5.41) is 9.35. The normalized spacial score (nSPS) is 18.1. The molecule has 0 atom stereocenters. The zero-order valence-corrected chi connectivity index (χ0v) is 8.99. The number of aliphatic hydroxyl groups excluding tert-OH is 1. The highest BCUT2D eigenvalue weighted by molar-refractivity contribution is 6.13. The molecule has 1 aliphatic carbocycles. The second-order valence-electron chi connectivity index (χ2n) is 2.40. The monoisotopic (exact) mass is 191 g/mol. The third-order valence-corrected chi connectivity index (χ3v) is 1.45. The van der Waals surface area contributed by atoms with Crippen LogP contribution >= 0.6 is 0 Å². The minimum Gasteiger partial charge on any atom is -0.506 e. The van der Waals surface area contributed by atoms with E-state index in [1.807, 2.05) is 26.8 Å². The summed E-state index contributed by atoms with van der Waals surface area (Å²) in [6.45, 7) is 9.61. The van der Waals surface area contributed by atoms with Gasteiger partial charge in [-0.3, -0.25) is 4.99 Å². The van der Waals surface area contributed by atoms with E-state index in [0.29, 0.717) is 5.71 Å². The van der Waals surface area contributed by atoms with Gasteiger partial charge in [0.25, 0.3) is 0 Å². The molecular formula is C12H17NO. The average Bonchev–Trinajstić information content (AvgIpc) is 2.20. The molecule has 0 bridgehead atoms. The second kappa shape index (κ2) is 6.89. The molecular weight excluding hydrogens is 174 g/mol. The van der Waals surface area contributed by atoms with Gasteiger partial charge in [0, 0.05) is 6.20 Å². The van der Waals surface area contributed by atoms with Crippen molar-refractivity contribution in [2.45, 2.75) is 20.8 Å². The maximum atomic E-state index is 9.35. The first-order valence-electron chi connectivity index (χ1n) is 4.71. The number of hydrogen-bond acceptors (Lipinski definition) is 2. The van der Waals surface area contributed by atoms with E-state index in [9.17, 15) is 5.11 Å². The number of aliphatic hydroxyl groups is 1. The molecule has 0 aromatic carbocycles. The molecule has 0 aliphatic heterocycles. The Hall–Kier alpha value is -1.57. The summed E-state index contributed by atoms with van der Waals surface area (Å²) in [6, 6.07) is 0. The Morgan fingerprint density at radius 1 is 1.43 bits per heavy atom. The third kappa shape index (κ3) is 3.44. The van der Waals surface area contributed by atoms with Gasteiger partial charge in [-0.2, -0.15) is 0 Å². The lowest BCUT2D eigenvalue weighted by Gasteiger charge is -2.06. The van der Waals surface area contributed by atoms with Crippen LogP contribution in [0.25, 0.3) is 0 Å². The molecule has 0 amide bonds. The molecule has 14 heavy (non-hydrogen) atoms. The summed E-state index contributed by atoms with van der Waals surface area (Å²) in [7, 11) is 0. The van der Waals surface area contributed by atoms with Crippen LogP contribution in [0.4, 0.5) is 0 Å². The first kappa shape index (κ1) is 12.4. The van der Waals surface area contributed by atoms with Crippen molar-refractivity contribution in [3.05, 3.63) is 48.4 Å². The van der Waals surface area contributed by atoms with Gasteiger partial charge in [0.15, 0.2) is 0 Å². The Bertz CT molecular complexity index is 306. The van der Waals surface area contributed by atoms with Gasteiger partial charge in [-0.25, -0.2) is 0 Å². The smallest absolute Gasteiger partial charge is 0.141 e. The van der Waals surface area contributed by atoms with Gasteiger partial charge < -0.3 is 5.11 Å². The van der Waals surface area contributed by atoms with E-state index in [2.05, 4.69) is 11.6 Å². The SMILES string of the molecule is C=C1C=CC=C(O)C1=N/C=C\C.CC. The van der Waals surface area contributed by atoms with Gasteiger partial charge in [0.1, 0.15) is 11.5 Å². The summed E-state index contributed by atoms with van der Waals surface area (Å²) in [4.78, 5) is 4.03. The molecule has 0 heterocycles. The minimum absolute atomic E-state index is 0.167. The van der Waals surface area contributed by atoms with E-state index in [-0.39, 0.29) is 5.76 Å². The Morgan fingerprint density at radius 2 is 2.07 bits per heavy atom. The first-order valence-corrected chi connectivity index (χ1v) is 4.71. The number of rotatable bonds is 1. The van der Waals surface area contributed by atoms with E-state index in [0.717, 1.165) is 5.57 Å². The third-order valence-electron chi connectivity index (χ3n) is 1.45. The van der Waals surface area contributed by atoms with Gasteiger partial charge in [0.05, 0.1) is 0 Å². The van der Waals surface area contributed by atoms with Crippen LogP contribution in [0.3, 0.4) is 0 Å². The molecule has 0 aromatic heterocycles. The maximum absolute atomic E-state index is 9.35. The van der Waals surface area contributed by atoms with Crippen molar-refractivity contribution in [2.75, 3.05) is 0 Å². The van der Waals surface area contributed by atoms with Gasteiger partial charge >= 0.3 is 0 Å². The molecule has 0 fully saturated rings. The predicted molar refractivity (Wildman–Crippen MR) is 62.6 cm³/mol. The van der Waals surface area contributed by atoms with Crippen LogP contribution in [0.2, 0.25) is 0 Å². The lowest BCUT2D eigenvalue weighted by Crippen LogP contribution is -2.06. The van der Waals surface area contributed by atoms with Crippen molar-refractivity contribution in [3.63, 3.8) is 0 Å². The van der Waals surface area contributed by atoms with Crippen LogP contribution in [0.1, 0.15) is 20.8 Å². The molecule has 1 rings (SSSR count). The number of hydrogen-bond donors (Lipinski definition) is 1. The van der Waals surface area contributed by atoms with Crippen LogP contribution in [-0.2, 0) is 0 Å². The van der Waals surface area contributed by atoms with Crippen LogP contribution in [-0.4, -0.2) is 10.8 Å². The van der Waals surface area contributed by atoms with E-state index in [1.54, 1.807) is 24.4 Å². The van der Waals surface area contributed by atoms with Crippen LogP contribution in [0.5, 0.6) is 0 Å². The fourth-order valence-electron chi connectivity index (χ4n) is 0.876. The Morgan fingerprint density at radius 3 is 2.57 bits per heavy atom. The van der Waals surface area contributed by atoms with Crippen molar-refractivity contribution in [3.8, 4) is 0 Å². The zero-order chi connectivity index (χ0) is 11.0. The zero-order valence-electron chi connectivity index (χ0n) is 8.99. The predicted octanol–water partition coefficient (Wildman–Crippen LogP) is 3.56. The molecule has 0 saturated carbocycles. The van der Waals surface area contributed by atoms with Gasteiger partial charge in [-0.15, -0.1) is 0 Å². The molecule has 0 radical (unpaired) electrons. The summed E-state index contributed by atoms with van der Waals surface area (Å²) in [5.74, 6) is 0.167. The highest BCUT2D eigenvalue weighted by Crippen LogP contribution is 2.11. The van der Waals surface area contributed by atoms with Gasteiger partial charge in [-0.05, 0) is 18.6 Å². The fourth-order valence-corrected chi connectivity index (χ4v) is 0.876. The van der Waals surface area contributed by atoms with Crippen molar-refractivity contribution < 1.29 is 5.11 Å². The second-order valence-corrected chi connectivity index (χ2v) is 2.40. The number of nitrogens with zero attached hydrogens (tertiary/aromatic N) is 1. The largest absolute Gasteiger partial charge is 0.506 e. The Balaban J connectivity index is 0.000000791. The van der Waals surface area contributed by atoms with Crippen molar-refractivity contribution in [2.24, 2.45) is 4.99 Å². The number of aliphatic imine (C=N–C) groups is 1. The topological polar surface area (TPSA) is 32.6 Å².